The SMILES string of the molecule is CCOc1ccc(NCc2ccc(OCc3cccc4ccccc34)c(Cl)c2)cc1. The van der Waals surface area contributed by atoms with E-state index in [-0.39, 0.29) is 0 Å². The Morgan fingerprint density at radius 1 is 0.833 bits per heavy atom. The summed E-state index contributed by atoms with van der Waals surface area (Å²) in [4.78, 5) is 0. The molecular formula is C26H24ClNO2. The van der Waals surface area contributed by atoms with Gasteiger partial charge in [-0.1, -0.05) is 60.1 Å². The van der Waals surface area contributed by atoms with Gasteiger partial charge in [-0.25, -0.2) is 0 Å². The van der Waals surface area contributed by atoms with E-state index in [2.05, 4.69) is 35.6 Å². The summed E-state index contributed by atoms with van der Waals surface area (Å²) >= 11 is 6.48. The van der Waals surface area contributed by atoms with Crippen molar-refractivity contribution >= 4 is 28.1 Å². The molecule has 1 N–H and O–H groups in total. The molecule has 3 nitrogen and oxygen atoms in total. The minimum Gasteiger partial charge on any atom is -0.494 e. The fourth-order valence-electron chi connectivity index (χ4n) is 3.39. The van der Waals surface area contributed by atoms with Crippen LogP contribution in [0.2, 0.25) is 5.02 Å². The van der Waals surface area contributed by atoms with Crippen LogP contribution < -0.4 is 14.8 Å². The highest BCUT2D eigenvalue weighted by Gasteiger charge is 2.06. The average Bonchev–Trinajstić information content (AvgIpc) is 2.78. The fraction of sp³-hybridized carbons (Fsp3) is 0.154. The zero-order chi connectivity index (χ0) is 20.8. The first-order valence-corrected chi connectivity index (χ1v) is 10.5. The number of ether oxygens (including phenoxy) is 2. The van der Waals surface area contributed by atoms with Crippen LogP contribution in [-0.2, 0) is 13.2 Å². The number of rotatable bonds is 8. The second-order valence-corrected chi connectivity index (χ2v) is 7.41. The molecule has 152 valence electrons. The predicted molar refractivity (Wildman–Crippen MR) is 125 cm³/mol. The number of anilines is 1. The lowest BCUT2D eigenvalue weighted by atomic mass is 10.1. The maximum atomic E-state index is 6.48. The first-order valence-electron chi connectivity index (χ1n) is 10.1. The molecule has 0 saturated carbocycles. The van der Waals surface area contributed by atoms with Crippen LogP contribution in [0.5, 0.6) is 11.5 Å². The Bertz CT molecular complexity index is 1120. The maximum absolute atomic E-state index is 6.48. The number of halogens is 1. The van der Waals surface area contributed by atoms with E-state index in [0.717, 1.165) is 22.6 Å². The van der Waals surface area contributed by atoms with E-state index < -0.39 is 0 Å². The van der Waals surface area contributed by atoms with Crippen LogP contribution in [0.15, 0.2) is 84.9 Å². The maximum Gasteiger partial charge on any atom is 0.138 e. The van der Waals surface area contributed by atoms with Crippen LogP contribution in [0.25, 0.3) is 10.8 Å². The van der Waals surface area contributed by atoms with Crippen molar-refractivity contribution in [3.8, 4) is 11.5 Å². The lowest BCUT2D eigenvalue weighted by molar-refractivity contribution is 0.308. The van der Waals surface area contributed by atoms with Crippen LogP contribution in [0.3, 0.4) is 0 Å². The summed E-state index contributed by atoms with van der Waals surface area (Å²) in [5.41, 5.74) is 3.27. The number of fused-ring (bicyclic) bond motifs is 1. The number of hydrogen-bond donors (Lipinski definition) is 1. The molecule has 0 heterocycles. The van der Waals surface area contributed by atoms with Crippen molar-refractivity contribution in [2.45, 2.75) is 20.1 Å². The summed E-state index contributed by atoms with van der Waals surface area (Å²) in [7, 11) is 0. The van der Waals surface area contributed by atoms with E-state index in [1.165, 1.54) is 10.8 Å². The highest BCUT2D eigenvalue weighted by molar-refractivity contribution is 6.32. The Hall–Kier alpha value is -3.17. The first-order chi connectivity index (χ1) is 14.7. The summed E-state index contributed by atoms with van der Waals surface area (Å²) in [6.45, 7) is 3.80. The highest BCUT2D eigenvalue weighted by Crippen LogP contribution is 2.28. The molecule has 4 rings (SSSR count). The van der Waals surface area contributed by atoms with Crippen molar-refractivity contribution in [3.63, 3.8) is 0 Å². The van der Waals surface area contributed by atoms with E-state index >= 15 is 0 Å². The largest absolute Gasteiger partial charge is 0.494 e. The van der Waals surface area contributed by atoms with Crippen molar-refractivity contribution in [3.05, 3.63) is 101 Å². The summed E-state index contributed by atoms with van der Waals surface area (Å²) in [5, 5.41) is 6.42. The standard InChI is InChI=1S/C26H24ClNO2/c1-2-29-23-13-11-22(12-14-23)28-17-19-10-15-26(25(27)16-19)30-18-21-8-5-7-20-6-3-4-9-24(20)21/h3-16,28H,2,17-18H2,1H3. The highest BCUT2D eigenvalue weighted by atomic mass is 35.5. The van der Waals surface area contributed by atoms with Gasteiger partial charge in [0, 0.05) is 12.2 Å². The molecule has 4 aromatic carbocycles. The lowest BCUT2D eigenvalue weighted by Gasteiger charge is -2.12. The quantitative estimate of drug-likeness (QED) is 0.332. The van der Waals surface area contributed by atoms with Crippen molar-refractivity contribution in [2.24, 2.45) is 0 Å². The molecule has 0 fully saturated rings. The van der Waals surface area contributed by atoms with Gasteiger partial charge in [-0.3, -0.25) is 0 Å². The van der Waals surface area contributed by atoms with Crippen molar-refractivity contribution in [1.82, 2.24) is 0 Å². The van der Waals surface area contributed by atoms with Gasteiger partial charge in [-0.2, -0.15) is 0 Å². The van der Waals surface area contributed by atoms with Gasteiger partial charge in [-0.05, 0) is 65.2 Å². The number of hydrogen-bond acceptors (Lipinski definition) is 3. The average molecular weight is 418 g/mol. The molecule has 30 heavy (non-hydrogen) atoms. The molecule has 0 aromatic heterocycles. The second-order valence-electron chi connectivity index (χ2n) is 7.00. The molecule has 4 aromatic rings. The topological polar surface area (TPSA) is 30.5 Å². The third-order valence-corrected chi connectivity index (χ3v) is 5.22. The summed E-state index contributed by atoms with van der Waals surface area (Å²) < 4.78 is 11.5. The van der Waals surface area contributed by atoms with Gasteiger partial charge < -0.3 is 14.8 Å². The van der Waals surface area contributed by atoms with E-state index in [1.54, 1.807) is 0 Å². The molecule has 4 heteroatoms. The molecule has 0 saturated heterocycles. The molecule has 0 aliphatic rings. The third-order valence-electron chi connectivity index (χ3n) is 4.92. The molecule has 0 aliphatic heterocycles. The van der Waals surface area contributed by atoms with Crippen LogP contribution in [0, 0.1) is 0 Å². The van der Waals surface area contributed by atoms with E-state index in [1.807, 2.05) is 61.5 Å². The minimum absolute atomic E-state index is 0.477. The molecule has 0 radical (unpaired) electrons. The molecule has 0 spiro atoms. The Morgan fingerprint density at radius 2 is 1.63 bits per heavy atom. The van der Waals surface area contributed by atoms with Crippen molar-refractivity contribution < 1.29 is 9.47 Å². The van der Waals surface area contributed by atoms with Crippen LogP contribution in [0.1, 0.15) is 18.1 Å². The second kappa shape index (κ2) is 9.55. The zero-order valence-corrected chi connectivity index (χ0v) is 17.7. The molecule has 0 bridgehead atoms. The Balaban J connectivity index is 1.38. The Labute approximate surface area is 182 Å². The van der Waals surface area contributed by atoms with E-state index in [9.17, 15) is 0 Å². The first kappa shape index (κ1) is 20.1. The summed E-state index contributed by atoms with van der Waals surface area (Å²) in [5.74, 6) is 1.56. The van der Waals surface area contributed by atoms with Gasteiger partial charge in [-0.15, -0.1) is 0 Å². The molecule has 0 atom stereocenters. The molecule has 0 aliphatic carbocycles. The van der Waals surface area contributed by atoms with Gasteiger partial charge >= 0.3 is 0 Å². The monoisotopic (exact) mass is 417 g/mol. The van der Waals surface area contributed by atoms with Crippen LogP contribution in [-0.4, -0.2) is 6.61 Å². The van der Waals surface area contributed by atoms with E-state index in [0.29, 0.717) is 30.5 Å². The predicted octanol–water partition coefficient (Wildman–Crippen LogP) is 7.08. The van der Waals surface area contributed by atoms with Gasteiger partial charge in [0.15, 0.2) is 0 Å². The molecule has 0 amide bonds. The van der Waals surface area contributed by atoms with Crippen LogP contribution >= 0.6 is 11.6 Å². The smallest absolute Gasteiger partial charge is 0.138 e. The number of nitrogens with one attached hydrogen (secondary N) is 1. The summed E-state index contributed by atoms with van der Waals surface area (Å²) in [6.07, 6.45) is 0. The van der Waals surface area contributed by atoms with Gasteiger partial charge in [0.1, 0.15) is 18.1 Å². The lowest BCUT2D eigenvalue weighted by Crippen LogP contribution is -2.01. The Kier molecular flexibility index (Phi) is 6.41. The normalized spacial score (nSPS) is 10.7. The van der Waals surface area contributed by atoms with E-state index in [4.69, 9.17) is 21.1 Å². The van der Waals surface area contributed by atoms with Gasteiger partial charge in [0.05, 0.1) is 11.6 Å². The third kappa shape index (κ3) is 4.87. The van der Waals surface area contributed by atoms with Gasteiger partial charge in [0.25, 0.3) is 0 Å². The van der Waals surface area contributed by atoms with Crippen molar-refractivity contribution in [1.29, 1.82) is 0 Å². The molecular weight excluding hydrogens is 394 g/mol. The molecule has 0 unspecified atom stereocenters. The summed E-state index contributed by atoms with van der Waals surface area (Å²) in [6, 6.07) is 28.4. The van der Waals surface area contributed by atoms with Crippen LogP contribution in [0.4, 0.5) is 5.69 Å². The fourth-order valence-corrected chi connectivity index (χ4v) is 3.64. The number of benzene rings is 4. The van der Waals surface area contributed by atoms with Gasteiger partial charge in [0.2, 0.25) is 0 Å². The minimum atomic E-state index is 0.477. The van der Waals surface area contributed by atoms with Crippen molar-refractivity contribution in [2.75, 3.05) is 11.9 Å². The zero-order valence-electron chi connectivity index (χ0n) is 16.9. The Morgan fingerprint density at radius 3 is 2.43 bits per heavy atom.